The van der Waals surface area contributed by atoms with Gasteiger partial charge in [0.25, 0.3) is 11.5 Å². The SMILES string of the molecule is CN(C(=O)c1cnn(C)c1)C1COCc2[nH]c(=O)c3cc(F)c(F)cc3c21. The third-order valence-corrected chi connectivity index (χ3v) is 4.78. The fourth-order valence-electron chi connectivity index (χ4n) is 3.42. The summed E-state index contributed by atoms with van der Waals surface area (Å²) < 4.78 is 34.6. The van der Waals surface area contributed by atoms with Crippen LogP contribution in [-0.4, -0.2) is 39.2 Å². The van der Waals surface area contributed by atoms with Crippen LogP contribution in [0.5, 0.6) is 0 Å². The summed E-state index contributed by atoms with van der Waals surface area (Å²) in [5.74, 6) is -2.45. The van der Waals surface area contributed by atoms with Gasteiger partial charge < -0.3 is 14.6 Å². The van der Waals surface area contributed by atoms with Crippen LogP contribution < -0.4 is 5.56 Å². The largest absolute Gasteiger partial charge is 0.373 e. The van der Waals surface area contributed by atoms with Gasteiger partial charge in [-0.25, -0.2) is 8.78 Å². The normalized spacial score (nSPS) is 16.4. The molecule has 140 valence electrons. The number of aromatic amines is 1. The quantitative estimate of drug-likeness (QED) is 0.743. The van der Waals surface area contributed by atoms with E-state index in [-0.39, 0.29) is 29.9 Å². The number of H-pyrrole nitrogens is 1. The Morgan fingerprint density at radius 2 is 2.04 bits per heavy atom. The predicted octanol–water partition coefficient (Wildman–Crippen LogP) is 1.88. The van der Waals surface area contributed by atoms with Crippen molar-refractivity contribution >= 4 is 16.7 Å². The number of carbonyl (C=O) groups is 1. The zero-order valence-corrected chi connectivity index (χ0v) is 14.6. The Hall–Kier alpha value is -3.07. The molecule has 7 nitrogen and oxygen atoms in total. The Bertz CT molecular complexity index is 1120. The maximum Gasteiger partial charge on any atom is 0.257 e. The van der Waals surface area contributed by atoms with Gasteiger partial charge >= 0.3 is 0 Å². The van der Waals surface area contributed by atoms with Crippen molar-refractivity contribution in [3.8, 4) is 0 Å². The van der Waals surface area contributed by atoms with E-state index >= 15 is 0 Å². The number of halogens is 2. The van der Waals surface area contributed by atoms with Crippen molar-refractivity contribution in [2.75, 3.05) is 13.7 Å². The zero-order chi connectivity index (χ0) is 19.3. The second-order valence-corrected chi connectivity index (χ2v) is 6.51. The first-order valence-electron chi connectivity index (χ1n) is 8.24. The summed E-state index contributed by atoms with van der Waals surface area (Å²) in [6.07, 6.45) is 3.03. The van der Waals surface area contributed by atoms with Gasteiger partial charge in [0.1, 0.15) is 0 Å². The summed E-state index contributed by atoms with van der Waals surface area (Å²) in [5, 5.41) is 4.29. The third-order valence-electron chi connectivity index (χ3n) is 4.78. The lowest BCUT2D eigenvalue weighted by atomic mass is 9.95. The Labute approximate surface area is 152 Å². The predicted molar refractivity (Wildman–Crippen MR) is 92.2 cm³/mol. The number of pyridine rings is 1. The van der Waals surface area contributed by atoms with Crippen molar-refractivity contribution in [2.24, 2.45) is 7.05 Å². The van der Waals surface area contributed by atoms with Crippen LogP contribution in [0.1, 0.15) is 27.7 Å². The number of nitrogens with one attached hydrogen (secondary N) is 1. The summed E-state index contributed by atoms with van der Waals surface area (Å²) in [7, 11) is 3.29. The second-order valence-electron chi connectivity index (χ2n) is 6.51. The number of hydrogen-bond donors (Lipinski definition) is 1. The maximum atomic E-state index is 13.9. The van der Waals surface area contributed by atoms with Gasteiger partial charge in [0.05, 0.1) is 36.4 Å². The molecule has 0 bridgehead atoms. The summed E-state index contributed by atoms with van der Waals surface area (Å²) in [6, 6.07) is 1.30. The Morgan fingerprint density at radius 3 is 2.70 bits per heavy atom. The van der Waals surface area contributed by atoms with E-state index in [2.05, 4.69) is 10.1 Å². The zero-order valence-electron chi connectivity index (χ0n) is 14.6. The van der Waals surface area contributed by atoms with Gasteiger partial charge in [-0.2, -0.15) is 5.10 Å². The summed E-state index contributed by atoms with van der Waals surface area (Å²) in [4.78, 5) is 29.2. The highest BCUT2D eigenvalue weighted by Gasteiger charge is 2.31. The molecule has 2 aromatic heterocycles. The van der Waals surface area contributed by atoms with Gasteiger partial charge in [0.15, 0.2) is 11.6 Å². The minimum atomic E-state index is -1.10. The first-order valence-corrected chi connectivity index (χ1v) is 8.24. The topological polar surface area (TPSA) is 80.2 Å². The summed E-state index contributed by atoms with van der Waals surface area (Å²) in [6.45, 7) is 0.278. The van der Waals surface area contributed by atoms with E-state index in [1.807, 2.05) is 0 Å². The lowest BCUT2D eigenvalue weighted by Crippen LogP contribution is -2.37. The number of rotatable bonds is 2. The molecule has 9 heteroatoms. The van der Waals surface area contributed by atoms with Crippen LogP contribution in [0.2, 0.25) is 0 Å². The number of nitrogens with zero attached hydrogens (tertiary/aromatic N) is 3. The van der Waals surface area contributed by atoms with E-state index in [9.17, 15) is 18.4 Å². The first kappa shape index (κ1) is 17.3. The summed E-state index contributed by atoms with van der Waals surface area (Å²) >= 11 is 0. The molecule has 27 heavy (non-hydrogen) atoms. The highest BCUT2D eigenvalue weighted by Crippen LogP contribution is 2.34. The minimum Gasteiger partial charge on any atom is -0.373 e. The molecular weight excluding hydrogens is 358 g/mol. The van der Waals surface area contributed by atoms with E-state index in [4.69, 9.17) is 4.74 Å². The van der Waals surface area contributed by atoms with Crippen molar-refractivity contribution in [1.82, 2.24) is 19.7 Å². The fourth-order valence-corrected chi connectivity index (χ4v) is 3.42. The van der Waals surface area contributed by atoms with Crippen molar-refractivity contribution in [2.45, 2.75) is 12.6 Å². The number of benzene rings is 1. The molecule has 1 aromatic carbocycles. The second kappa shape index (κ2) is 6.27. The molecule has 1 atom stereocenters. The number of likely N-dealkylation sites (N-methyl/N-ethyl adjacent to an activating group) is 1. The molecule has 1 unspecified atom stereocenters. The Morgan fingerprint density at radius 1 is 1.33 bits per heavy atom. The molecule has 0 saturated carbocycles. The maximum absolute atomic E-state index is 13.9. The van der Waals surface area contributed by atoms with Gasteiger partial charge in [0, 0.05) is 31.5 Å². The van der Waals surface area contributed by atoms with Crippen LogP contribution >= 0.6 is 0 Å². The van der Waals surface area contributed by atoms with Gasteiger partial charge in [-0.1, -0.05) is 0 Å². The number of hydrogen-bond acceptors (Lipinski definition) is 4. The van der Waals surface area contributed by atoms with Crippen LogP contribution in [-0.2, 0) is 18.4 Å². The van der Waals surface area contributed by atoms with E-state index in [0.717, 1.165) is 12.1 Å². The average Bonchev–Trinajstić information content (AvgIpc) is 3.08. The van der Waals surface area contributed by atoms with Crippen LogP contribution in [0.25, 0.3) is 10.8 Å². The Balaban J connectivity index is 1.87. The number of fused-ring (bicyclic) bond motifs is 3. The van der Waals surface area contributed by atoms with E-state index < -0.39 is 23.2 Å². The average molecular weight is 374 g/mol. The number of amides is 1. The molecule has 1 aliphatic rings. The molecule has 4 rings (SSSR count). The number of ether oxygens (including phenoxy) is 1. The van der Waals surface area contributed by atoms with E-state index in [1.54, 1.807) is 20.3 Å². The Kier molecular flexibility index (Phi) is 4.03. The number of aromatic nitrogens is 3. The lowest BCUT2D eigenvalue weighted by Gasteiger charge is -2.33. The van der Waals surface area contributed by atoms with Crippen molar-refractivity contribution < 1.29 is 18.3 Å². The molecule has 0 aliphatic carbocycles. The van der Waals surface area contributed by atoms with Gasteiger partial charge in [0.2, 0.25) is 0 Å². The highest BCUT2D eigenvalue weighted by atomic mass is 19.2. The van der Waals surface area contributed by atoms with Crippen LogP contribution in [0.3, 0.4) is 0 Å². The molecule has 0 spiro atoms. The molecular formula is C18H16F2N4O3. The third kappa shape index (κ3) is 2.80. The van der Waals surface area contributed by atoms with Crippen LogP contribution in [0, 0.1) is 11.6 Å². The van der Waals surface area contributed by atoms with Crippen LogP contribution in [0.4, 0.5) is 8.78 Å². The lowest BCUT2D eigenvalue weighted by molar-refractivity contribution is 0.0335. The minimum absolute atomic E-state index is 0.0294. The van der Waals surface area contributed by atoms with Crippen molar-refractivity contribution in [3.05, 3.63) is 63.3 Å². The van der Waals surface area contributed by atoms with E-state index in [0.29, 0.717) is 16.8 Å². The van der Waals surface area contributed by atoms with E-state index in [1.165, 1.54) is 15.8 Å². The monoisotopic (exact) mass is 374 g/mol. The molecule has 3 heterocycles. The highest BCUT2D eigenvalue weighted by molar-refractivity contribution is 5.94. The molecule has 1 N–H and O–H groups in total. The molecule has 0 saturated heterocycles. The van der Waals surface area contributed by atoms with Gasteiger partial charge in [-0.05, 0) is 17.5 Å². The standard InChI is InChI=1S/C18H16F2N4O3/c1-23-6-9(5-21-23)18(26)24(2)15-8-27-7-14-16(15)10-3-12(19)13(20)4-11(10)17(25)22-14/h3-6,15H,7-8H2,1-2H3,(H,22,25). The summed E-state index contributed by atoms with van der Waals surface area (Å²) in [5.41, 5.74) is 0.848. The molecule has 1 amide bonds. The number of aryl methyl sites for hydroxylation is 1. The molecule has 0 fully saturated rings. The van der Waals surface area contributed by atoms with Crippen LogP contribution in [0.15, 0.2) is 29.3 Å². The fraction of sp³-hybridized carbons (Fsp3) is 0.278. The number of carbonyl (C=O) groups excluding carboxylic acids is 1. The van der Waals surface area contributed by atoms with Crippen molar-refractivity contribution in [3.63, 3.8) is 0 Å². The van der Waals surface area contributed by atoms with Gasteiger partial charge in [-0.3, -0.25) is 14.3 Å². The molecule has 3 aromatic rings. The van der Waals surface area contributed by atoms with Gasteiger partial charge in [-0.15, -0.1) is 0 Å². The first-order chi connectivity index (χ1) is 12.9. The molecule has 0 radical (unpaired) electrons. The molecule has 1 aliphatic heterocycles. The van der Waals surface area contributed by atoms with Crippen molar-refractivity contribution in [1.29, 1.82) is 0 Å². The smallest absolute Gasteiger partial charge is 0.257 e.